The first-order valence-corrected chi connectivity index (χ1v) is 9.88. The van der Waals surface area contributed by atoms with Crippen LogP contribution in [0.2, 0.25) is 0 Å². The number of ether oxygens (including phenoxy) is 2. The highest BCUT2D eigenvalue weighted by atomic mass is 16.5. The summed E-state index contributed by atoms with van der Waals surface area (Å²) in [4.78, 5) is 26.9. The van der Waals surface area contributed by atoms with Gasteiger partial charge in [-0.1, -0.05) is 24.6 Å². The predicted octanol–water partition coefficient (Wildman–Crippen LogP) is 4.17. The topological polar surface area (TPSA) is 67.9 Å². The van der Waals surface area contributed by atoms with Crippen LogP contribution < -0.4 is 19.7 Å². The number of rotatable bonds is 6. The van der Waals surface area contributed by atoms with Gasteiger partial charge in [-0.3, -0.25) is 9.59 Å². The van der Waals surface area contributed by atoms with E-state index in [0.717, 1.165) is 17.7 Å². The molecule has 6 heteroatoms. The zero-order valence-electron chi connectivity index (χ0n) is 17.5. The molecule has 0 atom stereocenters. The summed E-state index contributed by atoms with van der Waals surface area (Å²) in [6, 6.07) is 12.9. The summed E-state index contributed by atoms with van der Waals surface area (Å²) in [5.41, 5.74) is 1.85. The fourth-order valence-corrected chi connectivity index (χ4v) is 3.15. The van der Waals surface area contributed by atoms with Crippen LogP contribution in [0.15, 0.2) is 42.5 Å². The smallest absolute Gasteiger partial charge is 0.262 e. The summed E-state index contributed by atoms with van der Waals surface area (Å²) in [6.07, 6.45) is 0.843. The van der Waals surface area contributed by atoms with Crippen LogP contribution in [0.4, 0.5) is 11.4 Å². The molecule has 154 valence electrons. The molecule has 0 fully saturated rings. The Labute approximate surface area is 171 Å². The van der Waals surface area contributed by atoms with Crippen molar-refractivity contribution >= 4 is 23.2 Å². The van der Waals surface area contributed by atoms with Gasteiger partial charge < -0.3 is 19.7 Å². The monoisotopic (exact) mass is 396 g/mol. The standard InChI is InChI=1S/C23H28N2O4/c1-5-12-25-19-11-8-17(13-20(19)29-15-23(3,4)22(25)27)24-21(26)14-28-18-9-6-16(2)7-10-18/h6-11,13H,5,12,14-15H2,1-4H3,(H,24,26). The molecule has 2 aromatic carbocycles. The quantitative estimate of drug-likeness (QED) is 0.796. The van der Waals surface area contributed by atoms with Gasteiger partial charge in [-0.05, 0) is 51.5 Å². The lowest BCUT2D eigenvalue weighted by molar-refractivity contribution is -0.127. The van der Waals surface area contributed by atoms with Crippen LogP contribution in [0, 0.1) is 12.3 Å². The lowest BCUT2D eigenvalue weighted by Gasteiger charge is -2.27. The van der Waals surface area contributed by atoms with Crippen molar-refractivity contribution in [2.45, 2.75) is 34.1 Å². The number of hydrogen-bond donors (Lipinski definition) is 1. The minimum Gasteiger partial charge on any atom is -0.490 e. The predicted molar refractivity (Wildman–Crippen MR) is 114 cm³/mol. The third-order valence-electron chi connectivity index (χ3n) is 4.79. The Bertz CT molecular complexity index is 890. The molecule has 1 aliphatic heterocycles. The SMILES string of the molecule is CCCN1C(=O)C(C)(C)COc2cc(NC(=O)COc3ccc(C)cc3)ccc21. The number of carbonyl (C=O) groups is 2. The molecular formula is C23H28N2O4. The Morgan fingerprint density at radius 1 is 1.21 bits per heavy atom. The minimum absolute atomic E-state index is 0.0429. The highest BCUT2D eigenvalue weighted by Gasteiger charge is 2.37. The van der Waals surface area contributed by atoms with E-state index in [-0.39, 0.29) is 25.0 Å². The second kappa shape index (κ2) is 8.55. The molecule has 6 nitrogen and oxygen atoms in total. The van der Waals surface area contributed by atoms with Crippen molar-refractivity contribution in [2.24, 2.45) is 5.41 Å². The number of aryl methyl sites for hydroxylation is 1. The summed E-state index contributed by atoms with van der Waals surface area (Å²) < 4.78 is 11.5. The normalized spacial score (nSPS) is 15.2. The maximum Gasteiger partial charge on any atom is 0.262 e. The number of nitrogens with one attached hydrogen (secondary N) is 1. The summed E-state index contributed by atoms with van der Waals surface area (Å²) in [5, 5.41) is 2.83. The zero-order valence-corrected chi connectivity index (χ0v) is 17.5. The van der Waals surface area contributed by atoms with E-state index in [0.29, 0.717) is 23.7 Å². The van der Waals surface area contributed by atoms with Gasteiger partial charge >= 0.3 is 0 Å². The van der Waals surface area contributed by atoms with Gasteiger partial charge in [0.1, 0.15) is 18.1 Å². The van der Waals surface area contributed by atoms with Gasteiger partial charge in [0.15, 0.2) is 6.61 Å². The number of carbonyl (C=O) groups excluding carboxylic acids is 2. The Morgan fingerprint density at radius 2 is 1.93 bits per heavy atom. The summed E-state index contributed by atoms with van der Waals surface area (Å²) in [5.74, 6) is 1.02. The lowest BCUT2D eigenvalue weighted by atomic mass is 9.93. The number of benzene rings is 2. The second-order valence-electron chi connectivity index (χ2n) is 7.96. The van der Waals surface area contributed by atoms with Crippen LogP contribution >= 0.6 is 0 Å². The third-order valence-corrected chi connectivity index (χ3v) is 4.79. The van der Waals surface area contributed by atoms with Gasteiger partial charge in [0, 0.05) is 18.3 Å². The van der Waals surface area contributed by atoms with E-state index in [1.54, 1.807) is 17.0 Å². The molecule has 29 heavy (non-hydrogen) atoms. The number of fused-ring (bicyclic) bond motifs is 1. The molecule has 2 amide bonds. The van der Waals surface area contributed by atoms with Crippen molar-refractivity contribution in [2.75, 3.05) is 30.0 Å². The molecule has 0 saturated carbocycles. The minimum atomic E-state index is -0.612. The van der Waals surface area contributed by atoms with E-state index in [4.69, 9.17) is 9.47 Å². The van der Waals surface area contributed by atoms with E-state index in [1.807, 2.05) is 58.0 Å². The Kier molecular flexibility index (Phi) is 6.11. The average Bonchev–Trinajstić information content (AvgIpc) is 2.78. The highest BCUT2D eigenvalue weighted by molar-refractivity contribution is 6.00. The molecule has 3 rings (SSSR count). The van der Waals surface area contributed by atoms with Crippen LogP contribution in [0.5, 0.6) is 11.5 Å². The van der Waals surface area contributed by atoms with E-state index < -0.39 is 5.41 Å². The van der Waals surface area contributed by atoms with Gasteiger partial charge in [0.2, 0.25) is 5.91 Å². The Balaban J connectivity index is 1.71. The molecule has 2 aromatic rings. The van der Waals surface area contributed by atoms with Crippen molar-refractivity contribution in [3.8, 4) is 11.5 Å². The molecule has 0 aliphatic carbocycles. The zero-order chi connectivity index (χ0) is 21.0. The van der Waals surface area contributed by atoms with Gasteiger partial charge in [-0.25, -0.2) is 0 Å². The summed E-state index contributed by atoms with van der Waals surface area (Å²) >= 11 is 0. The molecule has 1 N–H and O–H groups in total. The molecule has 0 bridgehead atoms. The average molecular weight is 396 g/mol. The van der Waals surface area contributed by atoms with Crippen molar-refractivity contribution in [1.29, 1.82) is 0 Å². The molecule has 0 unspecified atom stereocenters. The van der Waals surface area contributed by atoms with Crippen molar-refractivity contribution in [1.82, 2.24) is 0 Å². The Hall–Kier alpha value is -3.02. The van der Waals surface area contributed by atoms with Gasteiger partial charge in [-0.15, -0.1) is 0 Å². The van der Waals surface area contributed by atoms with Crippen molar-refractivity contribution in [3.05, 3.63) is 48.0 Å². The number of anilines is 2. The molecule has 1 heterocycles. The van der Waals surface area contributed by atoms with Crippen LogP contribution in [-0.2, 0) is 9.59 Å². The largest absolute Gasteiger partial charge is 0.490 e. The van der Waals surface area contributed by atoms with E-state index >= 15 is 0 Å². The first-order valence-electron chi connectivity index (χ1n) is 9.88. The van der Waals surface area contributed by atoms with Crippen molar-refractivity contribution < 1.29 is 19.1 Å². The fraction of sp³-hybridized carbons (Fsp3) is 0.391. The molecule has 0 saturated heterocycles. The molecule has 0 radical (unpaired) electrons. The summed E-state index contributed by atoms with van der Waals surface area (Å²) in [7, 11) is 0. The summed E-state index contributed by atoms with van der Waals surface area (Å²) in [6.45, 7) is 8.61. The third kappa shape index (κ3) is 4.88. The first kappa shape index (κ1) is 20.7. The molecule has 0 spiro atoms. The fourth-order valence-electron chi connectivity index (χ4n) is 3.15. The van der Waals surface area contributed by atoms with Gasteiger partial charge in [0.05, 0.1) is 11.1 Å². The maximum absolute atomic E-state index is 12.9. The van der Waals surface area contributed by atoms with Gasteiger partial charge in [0.25, 0.3) is 5.91 Å². The lowest BCUT2D eigenvalue weighted by Crippen LogP contribution is -2.42. The Morgan fingerprint density at radius 3 is 2.62 bits per heavy atom. The van der Waals surface area contributed by atoms with E-state index in [2.05, 4.69) is 5.32 Å². The number of amides is 2. The van der Waals surface area contributed by atoms with E-state index in [1.165, 1.54) is 0 Å². The number of nitrogens with zero attached hydrogens (tertiary/aromatic N) is 1. The van der Waals surface area contributed by atoms with Crippen LogP contribution in [0.25, 0.3) is 0 Å². The van der Waals surface area contributed by atoms with Gasteiger partial charge in [-0.2, -0.15) is 0 Å². The van der Waals surface area contributed by atoms with Crippen LogP contribution in [-0.4, -0.2) is 31.6 Å². The molecule has 0 aromatic heterocycles. The maximum atomic E-state index is 12.9. The number of hydrogen-bond acceptors (Lipinski definition) is 4. The van der Waals surface area contributed by atoms with E-state index in [9.17, 15) is 9.59 Å². The van der Waals surface area contributed by atoms with Crippen LogP contribution in [0.3, 0.4) is 0 Å². The van der Waals surface area contributed by atoms with Crippen molar-refractivity contribution in [3.63, 3.8) is 0 Å². The molecular weight excluding hydrogens is 368 g/mol. The molecule has 1 aliphatic rings. The first-order chi connectivity index (χ1) is 13.8. The highest BCUT2D eigenvalue weighted by Crippen LogP contribution is 2.38. The second-order valence-corrected chi connectivity index (χ2v) is 7.96. The van der Waals surface area contributed by atoms with Crippen LogP contribution in [0.1, 0.15) is 32.8 Å².